The van der Waals surface area contributed by atoms with Gasteiger partial charge in [0.05, 0.1) is 27.2 Å². The first-order chi connectivity index (χ1) is 12.4. The molecule has 1 heterocycles. The van der Waals surface area contributed by atoms with Crippen LogP contribution in [0.25, 0.3) is 0 Å². The Labute approximate surface area is 160 Å². The second kappa shape index (κ2) is 7.48. The van der Waals surface area contributed by atoms with Gasteiger partial charge in [0.25, 0.3) is 0 Å². The van der Waals surface area contributed by atoms with Gasteiger partial charge in [-0.1, -0.05) is 41.4 Å². The number of halogens is 2. The number of amides is 1. The van der Waals surface area contributed by atoms with Gasteiger partial charge in [0.15, 0.2) is 5.78 Å². The maximum atomic E-state index is 12.5. The molecule has 1 saturated heterocycles. The van der Waals surface area contributed by atoms with Gasteiger partial charge < -0.3 is 9.64 Å². The molecule has 0 spiro atoms. The summed E-state index contributed by atoms with van der Waals surface area (Å²) < 4.78 is 5.38. The van der Waals surface area contributed by atoms with Gasteiger partial charge in [-0.15, -0.1) is 0 Å². The Balaban J connectivity index is 1.78. The summed E-state index contributed by atoms with van der Waals surface area (Å²) in [6.45, 7) is 1.54. The molecule has 3 rings (SSSR count). The molecule has 1 aliphatic rings. The molecule has 5 nitrogen and oxygen atoms in total. The fraction of sp³-hybridized carbons (Fsp3) is 0.211. The molecule has 0 N–H and O–H groups in total. The first-order valence-corrected chi connectivity index (χ1v) is 8.70. The largest absolute Gasteiger partial charge is 0.425 e. The summed E-state index contributed by atoms with van der Waals surface area (Å²) in [4.78, 5) is 37.9. The summed E-state index contributed by atoms with van der Waals surface area (Å²) in [7, 11) is 0. The summed E-state index contributed by atoms with van der Waals surface area (Å²) >= 11 is 12.2. The molecule has 0 radical (unpaired) electrons. The minimum absolute atomic E-state index is 0.00388. The molecule has 7 heteroatoms. The Kier molecular flexibility index (Phi) is 5.30. The molecule has 0 aromatic heterocycles. The number of hydrogen-bond acceptors (Lipinski definition) is 4. The van der Waals surface area contributed by atoms with E-state index >= 15 is 0 Å². The number of esters is 1. The van der Waals surface area contributed by atoms with Crippen LogP contribution in [0.3, 0.4) is 0 Å². The quantitative estimate of drug-likeness (QED) is 0.446. The van der Waals surface area contributed by atoms with E-state index < -0.39 is 11.9 Å². The Morgan fingerprint density at radius 2 is 1.85 bits per heavy atom. The molecule has 2 aromatic rings. The van der Waals surface area contributed by atoms with E-state index in [4.69, 9.17) is 27.9 Å². The molecule has 0 unspecified atom stereocenters. The van der Waals surface area contributed by atoms with Crippen molar-refractivity contribution in [1.29, 1.82) is 0 Å². The van der Waals surface area contributed by atoms with Gasteiger partial charge >= 0.3 is 5.97 Å². The number of ketones is 1. The predicted molar refractivity (Wildman–Crippen MR) is 99.0 cm³/mol. The fourth-order valence-electron chi connectivity index (χ4n) is 2.84. The minimum Gasteiger partial charge on any atom is -0.425 e. The Morgan fingerprint density at radius 3 is 2.58 bits per heavy atom. The van der Waals surface area contributed by atoms with Crippen molar-refractivity contribution in [2.75, 3.05) is 11.4 Å². The average Bonchev–Trinajstić information content (AvgIpc) is 2.99. The van der Waals surface area contributed by atoms with Crippen LogP contribution >= 0.6 is 23.2 Å². The third-order valence-electron chi connectivity index (χ3n) is 4.16. The monoisotopic (exact) mass is 391 g/mol. The smallest absolute Gasteiger partial charge is 0.316 e. The highest BCUT2D eigenvalue weighted by atomic mass is 35.5. The average molecular weight is 392 g/mol. The van der Waals surface area contributed by atoms with Crippen molar-refractivity contribution < 1.29 is 19.1 Å². The second-order valence-corrected chi connectivity index (χ2v) is 6.74. The number of para-hydroxylation sites is 1. The summed E-state index contributed by atoms with van der Waals surface area (Å²) in [6, 6.07) is 11.5. The number of ether oxygens (including phenoxy) is 1. The zero-order valence-corrected chi connectivity index (χ0v) is 15.4. The maximum Gasteiger partial charge on any atom is 0.316 e. The van der Waals surface area contributed by atoms with E-state index in [1.54, 1.807) is 42.5 Å². The molecule has 1 fully saturated rings. The molecule has 1 amide bonds. The number of carbonyl (C=O) groups is 3. The summed E-state index contributed by atoms with van der Waals surface area (Å²) in [5.74, 6) is -1.47. The van der Waals surface area contributed by atoms with E-state index in [-0.39, 0.29) is 35.4 Å². The lowest BCUT2D eigenvalue weighted by molar-refractivity contribution is -0.139. The van der Waals surface area contributed by atoms with Crippen LogP contribution in [-0.4, -0.2) is 24.2 Å². The summed E-state index contributed by atoms with van der Waals surface area (Å²) in [5, 5.41) is 0.594. The van der Waals surface area contributed by atoms with E-state index in [1.165, 1.54) is 11.8 Å². The van der Waals surface area contributed by atoms with Gasteiger partial charge in [0, 0.05) is 13.0 Å². The van der Waals surface area contributed by atoms with Gasteiger partial charge in [0.1, 0.15) is 5.75 Å². The first kappa shape index (κ1) is 18.4. The number of nitrogens with zero attached hydrogens (tertiary/aromatic N) is 1. The first-order valence-electron chi connectivity index (χ1n) is 7.94. The zero-order valence-electron chi connectivity index (χ0n) is 13.9. The van der Waals surface area contributed by atoms with Crippen LogP contribution in [0.4, 0.5) is 5.69 Å². The van der Waals surface area contributed by atoms with Gasteiger partial charge in [-0.25, -0.2) is 0 Å². The number of rotatable bonds is 4. The Hall–Kier alpha value is -2.37. The van der Waals surface area contributed by atoms with Crippen molar-refractivity contribution in [3.63, 3.8) is 0 Å². The SMILES string of the molecule is CC(=O)c1ccccc1OC(=O)[C@@H]1CC(=O)N(c2cccc(Cl)c2Cl)C1. The van der Waals surface area contributed by atoms with E-state index in [2.05, 4.69) is 0 Å². The highest BCUT2D eigenvalue weighted by Gasteiger charge is 2.37. The van der Waals surface area contributed by atoms with Crippen molar-refractivity contribution in [2.24, 2.45) is 5.92 Å². The number of carbonyl (C=O) groups excluding carboxylic acids is 3. The zero-order chi connectivity index (χ0) is 18.8. The lowest BCUT2D eigenvalue weighted by Gasteiger charge is -2.18. The molecular weight excluding hydrogens is 377 g/mol. The van der Waals surface area contributed by atoms with Gasteiger partial charge in [-0.2, -0.15) is 0 Å². The van der Waals surface area contributed by atoms with E-state index in [0.29, 0.717) is 16.3 Å². The predicted octanol–water partition coefficient (Wildman–Crippen LogP) is 4.15. The topological polar surface area (TPSA) is 63.7 Å². The van der Waals surface area contributed by atoms with Crippen LogP contribution in [-0.2, 0) is 9.59 Å². The van der Waals surface area contributed by atoms with Crippen LogP contribution in [0.5, 0.6) is 5.75 Å². The Morgan fingerprint density at radius 1 is 1.12 bits per heavy atom. The van der Waals surface area contributed by atoms with Crippen molar-refractivity contribution in [3.8, 4) is 5.75 Å². The molecule has 1 atom stereocenters. The molecule has 134 valence electrons. The van der Waals surface area contributed by atoms with Crippen LogP contribution in [0.1, 0.15) is 23.7 Å². The van der Waals surface area contributed by atoms with E-state index in [0.717, 1.165) is 0 Å². The lowest BCUT2D eigenvalue weighted by Crippen LogP contribution is -2.27. The van der Waals surface area contributed by atoms with Gasteiger partial charge in [-0.3, -0.25) is 14.4 Å². The number of hydrogen-bond donors (Lipinski definition) is 0. The molecule has 1 aliphatic heterocycles. The number of anilines is 1. The number of benzene rings is 2. The summed E-state index contributed by atoms with van der Waals surface area (Å²) in [5.41, 5.74) is 0.781. The third kappa shape index (κ3) is 3.59. The normalized spacial score (nSPS) is 16.7. The second-order valence-electron chi connectivity index (χ2n) is 5.95. The van der Waals surface area contributed by atoms with Crippen molar-refractivity contribution in [3.05, 3.63) is 58.1 Å². The summed E-state index contributed by atoms with van der Waals surface area (Å²) in [6.07, 6.45) is 0.00388. The van der Waals surface area contributed by atoms with Gasteiger partial charge in [-0.05, 0) is 31.2 Å². The van der Waals surface area contributed by atoms with Crippen molar-refractivity contribution in [2.45, 2.75) is 13.3 Å². The van der Waals surface area contributed by atoms with Crippen LogP contribution in [0.2, 0.25) is 10.0 Å². The molecule has 0 aliphatic carbocycles. The van der Waals surface area contributed by atoms with Crippen LogP contribution in [0, 0.1) is 5.92 Å². The Bertz CT molecular complexity index is 897. The van der Waals surface area contributed by atoms with Crippen molar-refractivity contribution in [1.82, 2.24) is 0 Å². The maximum absolute atomic E-state index is 12.5. The van der Waals surface area contributed by atoms with Crippen LogP contribution in [0.15, 0.2) is 42.5 Å². The highest BCUT2D eigenvalue weighted by molar-refractivity contribution is 6.44. The standard InChI is InChI=1S/C19H15Cl2NO4/c1-11(23)13-5-2-3-8-16(13)26-19(25)12-9-17(24)22(10-12)15-7-4-6-14(20)18(15)21/h2-8,12H,9-10H2,1H3/t12-/m1/s1. The molecule has 26 heavy (non-hydrogen) atoms. The lowest BCUT2D eigenvalue weighted by atomic mass is 10.1. The van der Waals surface area contributed by atoms with E-state index in [1.807, 2.05) is 0 Å². The molecular formula is C19H15Cl2NO4. The number of Topliss-reactive ketones (excluding diaryl/α,β-unsaturated/α-hetero) is 1. The minimum atomic E-state index is -0.655. The highest BCUT2D eigenvalue weighted by Crippen LogP contribution is 2.36. The van der Waals surface area contributed by atoms with Crippen molar-refractivity contribution >= 4 is 46.5 Å². The van der Waals surface area contributed by atoms with E-state index in [9.17, 15) is 14.4 Å². The fourth-order valence-corrected chi connectivity index (χ4v) is 3.23. The third-order valence-corrected chi connectivity index (χ3v) is 4.97. The molecule has 0 saturated carbocycles. The molecule has 2 aromatic carbocycles. The molecule has 0 bridgehead atoms. The van der Waals surface area contributed by atoms with Gasteiger partial charge in [0.2, 0.25) is 5.91 Å². The van der Waals surface area contributed by atoms with Crippen LogP contribution < -0.4 is 9.64 Å².